The zero-order valence-corrected chi connectivity index (χ0v) is 22.2. The fraction of sp³-hybridized carbons (Fsp3) is 0.586. The SMILES string of the molecule is COCCCCOc1ccc([C@H]2[C@H](O)CNC[C@@H]2OCc2ccc3c(c2)N(CCCOC)CCO3)cc1. The van der Waals surface area contributed by atoms with Gasteiger partial charge in [0.25, 0.3) is 0 Å². The minimum Gasteiger partial charge on any atom is -0.494 e. The monoisotopic (exact) mass is 514 g/mol. The van der Waals surface area contributed by atoms with Crippen LogP contribution in [0.5, 0.6) is 11.5 Å². The Kier molecular flexibility index (Phi) is 10.9. The Balaban J connectivity index is 1.37. The van der Waals surface area contributed by atoms with Gasteiger partial charge in [-0.2, -0.15) is 0 Å². The van der Waals surface area contributed by atoms with Crippen LogP contribution in [0, 0.1) is 0 Å². The maximum absolute atomic E-state index is 10.9. The Morgan fingerprint density at radius 1 is 0.973 bits per heavy atom. The maximum Gasteiger partial charge on any atom is 0.142 e. The maximum atomic E-state index is 10.9. The van der Waals surface area contributed by atoms with E-state index in [1.165, 1.54) is 0 Å². The second-order valence-corrected chi connectivity index (χ2v) is 9.70. The molecule has 1 saturated heterocycles. The highest BCUT2D eigenvalue weighted by Gasteiger charge is 2.34. The normalized spacial score (nSPS) is 21.4. The number of unbranched alkanes of at least 4 members (excludes halogenated alkanes) is 1. The number of ether oxygens (including phenoxy) is 5. The van der Waals surface area contributed by atoms with Gasteiger partial charge in [0.15, 0.2) is 0 Å². The third-order valence-electron chi connectivity index (χ3n) is 7.01. The van der Waals surface area contributed by atoms with Crippen molar-refractivity contribution in [2.24, 2.45) is 0 Å². The molecule has 8 heteroatoms. The number of benzene rings is 2. The lowest BCUT2D eigenvalue weighted by atomic mass is 9.85. The highest BCUT2D eigenvalue weighted by Crippen LogP contribution is 2.34. The van der Waals surface area contributed by atoms with Crippen LogP contribution in [0.3, 0.4) is 0 Å². The van der Waals surface area contributed by atoms with Crippen LogP contribution in [0.15, 0.2) is 42.5 Å². The van der Waals surface area contributed by atoms with Crippen LogP contribution in [0.1, 0.15) is 36.3 Å². The second-order valence-electron chi connectivity index (χ2n) is 9.70. The molecule has 4 rings (SSSR count). The van der Waals surface area contributed by atoms with Gasteiger partial charge in [-0.05, 0) is 54.7 Å². The van der Waals surface area contributed by atoms with Gasteiger partial charge in [0.2, 0.25) is 0 Å². The number of anilines is 1. The highest BCUT2D eigenvalue weighted by molar-refractivity contribution is 5.61. The fourth-order valence-corrected chi connectivity index (χ4v) is 5.04. The van der Waals surface area contributed by atoms with Gasteiger partial charge in [-0.15, -0.1) is 0 Å². The van der Waals surface area contributed by atoms with E-state index >= 15 is 0 Å². The van der Waals surface area contributed by atoms with Crippen LogP contribution >= 0.6 is 0 Å². The Bertz CT molecular complexity index is 940. The summed E-state index contributed by atoms with van der Waals surface area (Å²) in [6.07, 6.45) is 2.25. The van der Waals surface area contributed by atoms with Crippen molar-refractivity contribution in [1.82, 2.24) is 5.32 Å². The van der Waals surface area contributed by atoms with Crippen molar-refractivity contribution in [1.29, 1.82) is 0 Å². The van der Waals surface area contributed by atoms with E-state index in [4.69, 9.17) is 23.7 Å². The molecule has 0 unspecified atom stereocenters. The summed E-state index contributed by atoms with van der Waals surface area (Å²) in [7, 11) is 3.45. The number of hydrogen-bond donors (Lipinski definition) is 2. The number of hydrogen-bond acceptors (Lipinski definition) is 8. The largest absolute Gasteiger partial charge is 0.494 e. The Labute approximate surface area is 220 Å². The summed E-state index contributed by atoms with van der Waals surface area (Å²) in [4.78, 5) is 2.36. The summed E-state index contributed by atoms with van der Waals surface area (Å²) in [6.45, 7) is 6.37. The van der Waals surface area contributed by atoms with E-state index in [0.29, 0.717) is 32.9 Å². The fourth-order valence-electron chi connectivity index (χ4n) is 5.04. The Morgan fingerprint density at radius 2 is 1.76 bits per heavy atom. The van der Waals surface area contributed by atoms with Gasteiger partial charge in [-0.3, -0.25) is 0 Å². The standard InChI is InChI=1S/C29H42N2O6/c1-33-14-3-4-16-35-24-9-7-23(8-10-24)29-26(32)19-30-20-28(29)37-21-22-6-11-27-25(18-22)31(13-17-36-27)12-5-15-34-2/h6-11,18,26,28-30,32H,3-5,12-17,19-21H2,1-2H3/t26-,28+,29+/m1/s1. The molecule has 2 N–H and O–H groups in total. The first kappa shape index (κ1) is 27.7. The number of β-amino-alcohol motifs (C(OH)–C–C–N with tert-alkyl or cyclic N) is 1. The number of aliphatic hydroxyl groups is 1. The van der Waals surface area contributed by atoms with Crippen molar-refractivity contribution in [3.63, 3.8) is 0 Å². The van der Waals surface area contributed by atoms with Gasteiger partial charge < -0.3 is 39.0 Å². The van der Waals surface area contributed by atoms with Crippen LogP contribution in [-0.2, 0) is 20.8 Å². The van der Waals surface area contributed by atoms with E-state index < -0.39 is 6.10 Å². The van der Waals surface area contributed by atoms with Crippen LogP contribution in [0.4, 0.5) is 5.69 Å². The molecular formula is C29H42N2O6. The molecule has 37 heavy (non-hydrogen) atoms. The number of nitrogens with one attached hydrogen (secondary N) is 1. The Morgan fingerprint density at radius 3 is 2.57 bits per heavy atom. The summed E-state index contributed by atoms with van der Waals surface area (Å²) in [5, 5.41) is 14.2. The molecule has 0 amide bonds. The third kappa shape index (κ3) is 7.82. The Hall–Kier alpha value is -2.36. The predicted octanol–water partition coefficient (Wildman–Crippen LogP) is 3.36. The first-order valence-corrected chi connectivity index (χ1v) is 13.4. The second kappa shape index (κ2) is 14.5. The van der Waals surface area contributed by atoms with Crippen LogP contribution in [0.25, 0.3) is 0 Å². The molecule has 0 aromatic heterocycles. The zero-order chi connectivity index (χ0) is 25.9. The molecule has 2 aliphatic heterocycles. The summed E-state index contributed by atoms with van der Waals surface area (Å²) in [5.74, 6) is 1.65. The molecule has 2 aliphatic rings. The van der Waals surface area contributed by atoms with E-state index in [2.05, 4.69) is 22.3 Å². The molecule has 0 bridgehead atoms. The smallest absolute Gasteiger partial charge is 0.142 e. The number of fused-ring (bicyclic) bond motifs is 1. The number of aliphatic hydroxyl groups excluding tert-OH is 1. The first-order valence-electron chi connectivity index (χ1n) is 13.4. The predicted molar refractivity (Wildman–Crippen MR) is 144 cm³/mol. The van der Waals surface area contributed by atoms with E-state index in [9.17, 15) is 5.11 Å². The molecule has 2 aromatic carbocycles. The van der Waals surface area contributed by atoms with Gasteiger partial charge in [0.05, 0.1) is 37.7 Å². The van der Waals surface area contributed by atoms with Gasteiger partial charge in [-0.25, -0.2) is 0 Å². The molecule has 1 fully saturated rings. The topological polar surface area (TPSA) is 81.7 Å². The summed E-state index contributed by atoms with van der Waals surface area (Å²) in [5.41, 5.74) is 3.27. The van der Waals surface area contributed by atoms with E-state index in [-0.39, 0.29) is 12.0 Å². The van der Waals surface area contributed by atoms with Gasteiger partial charge >= 0.3 is 0 Å². The molecule has 0 saturated carbocycles. The molecule has 2 heterocycles. The zero-order valence-electron chi connectivity index (χ0n) is 22.2. The number of piperidine rings is 1. The van der Waals surface area contributed by atoms with E-state index in [1.54, 1.807) is 14.2 Å². The van der Waals surface area contributed by atoms with Crippen LogP contribution in [-0.4, -0.2) is 84.1 Å². The molecular weight excluding hydrogens is 472 g/mol. The van der Waals surface area contributed by atoms with E-state index in [1.807, 2.05) is 30.3 Å². The van der Waals surface area contributed by atoms with Crippen molar-refractivity contribution in [3.05, 3.63) is 53.6 Å². The summed E-state index contributed by atoms with van der Waals surface area (Å²) < 4.78 is 28.5. The summed E-state index contributed by atoms with van der Waals surface area (Å²) in [6, 6.07) is 14.3. The lowest BCUT2D eigenvalue weighted by Gasteiger charge is -2.36. The first-order chi connectivity index (χ1) is 18.2. The molecule has 8 nitrogen and oxygen atoms in total. The third-order valence-corrected chi connectivity index (χ3v) is 7.01. The highest BCUT2D eigenvalue weighted by atomic mass is 16.5. The van der Waals surface area contributed by atoms with Crippen LogP contribution < -0.4 is 19.7 Å². The van der Waals surface area contributed by atoms with Crippen molar-refractivity contribution in [2.75, 3.05) is 71.7 Å². The van der Waals surface area contributed by atoms with Crippen LogP contribution in [0.2, 0.25) is 0 Å². The minimum absolute atomic E-state index is 0.108. The lowest BCUT2D eigenvalue weighted by molar-refractivity contribution is -0.0328. The molecule has 0 aliphatic carbocycles. The van der Waals surface area contributed by atoms with Crippen molar-refractivity contribution in [3.8, 4) is 11.5 Å². The molecule has 2 aromatic rings. The average molecular weight is 515 g/mol. The number of methoxy groups -OCH3 is 2. The number of rotatable bonds is 14. The van der Waals surface area contributed by atoms with Gasteiger partial charge in [0.1, 0.15) is 18.1 Å². The summed E-state index contributed by atoms with van der Waals surface area (Å²) >= 11 is 0. The average Bonchev–Trinajstić information content (AvgIpc) is 2.92. The molecule has 0 spiro atoms. The molecule has 0 radical (unpaired) electrons. The van der Waals surface area contributed by atoms with E-state index in [0.717, 1.165) is 73.9 Å². The van der Waals surface area contributed by atoms with Gasteiger partial charge in [-0.1, -0.05) is 18.2 Å². The van der Waals surface area contributed by atoms with Crippen molar-refractivity contribution >= 4 is 5.69 Å². The molecule has 3 atom stereocenters. The quantitative estimate of drug-likeness (QED) is 0.372. The van der Waals surface area contributed by atoms with Crippen molar-refractivity contribution < 1.29 is 28.8 Å². The molecule has 204 valence electrons. The van der Waals surface area contributed by atoms with Crippen molar-refractivity contribution in [2.45, 2.75) is 44.0 Å². The minimum atomic E-state index is -0.521. The van der Waals surface area contributed by atoms with Gasteiger partial charge in [0, 0.05) is 53.0 Å². The lowest BCUT2D eigenvalue weighted by Crippen LogP contribution is -2.49. The number of nitrogens with zero attached hydrogens (tertiary/aromatic N) is 1.